The number of H-pyrrole nitrogens is 1. The Morgan fingerprint density at radius 3 is 3.14 bits per heavy atom. The topological polar surface area (TPSA) is 58.2 Å². The highest BCUT2D eigenvalue weighted by Gasteiger charge is 2.23. The molecule has 22 heavy (non-hydrogen) atoms. The minimum absolute atomic E-state index is 0.204. The number of likely N-dealkylation sites (tertiary alicyclic amines) is 1. The summed E-state index contributed by atoms with van der Waals surface area (Å²) in [4.78, 5) is 22.1. The van der Waals surface area contributed by atoms with Crippen LogP contribution in [0.3, 0.4) is 0 Å². The number of amides is 1. The van der Waals surface area contributed by atoms with Crippen LogP contribution in [0, 0.1) is 0 Å². The van der Waals surface area contributed by atoms with Crippen molar-refractivity contribution in [2.24, 2.45) is 0 Å². The van der Waals surface area contributed by atoms with Crippen molar-refractivity contribution in [2.45, 2.75) is 37.4 Å². The molecular weight excluding hydrogens is 298 g/mol. The van der Waals surface area contributed by atoms with Crippen LogP contribution in [0.25, 0.3) is 11.0 Å². The zero-order valence-electron chi connectivity index (χ0n) is 13.0. The van der Waals surface area contributed by atoms with E-state index in [1.54, 1.807) is 7.11 Å². The molecule has 1 fully saturated rings. The maximum absolute atomic E-state index is 12.3. The number of ether oxygens (including phenoxy) is 1. The Morgan fingerprint density at radius 2 is 2.36 bits per heavy atom. The number of rotatable bonds is 4. The normalized spacial score (nSPS) is 18.6. The van der Waals surface area contributed by atoms with E-state index in [9.17, 15) is 4.79 Å². The third-order valence-electron chi connectivity index (χ3n) is 4.12. The third-order valence-corrected chi connectivity index (χ3v) is 4.98. The molecule has 118 valence electrons. The Labute approximate surface area is 134 Å². The number of hydrogen-bond acceptors (Lipinski definition) is 4. The lowest BCUT2D eigenvalue weighted by atomic mass is 10.0. The van der Waals surface area contributed by atoms with Gasteiger partial charge in [0.15, 0.2) is 5.16 Å². The number of aromatic amines is 1. The number of nitrogens with zero attached hydrogens (tertiary/aromatic N) is 2. The minimum Gasteiger partial charge on any atom is -0.497 e. The lowest BCUT2D eigenvalue weighted by Crippen LogP contribution is -2.42. The van der Waals surface area contributed by atoms with Crippen LogP contribution in [-0.2, 0) is 4.79 Å². The zero-order valence-corrected chi connectivity index (χ0v) is 13.8. The van der Waals surface area contributed by atoms with Crippen molar-refractivity contribution in [2.75, 3.05) is 19.4 Å². The molecule has 2 aromatic rings. The summed E-state index contributed by atoms with van der Waals surface area (Å²) in [7, 11) is 1.64. The quantitative estimate of drug-likeness (QED) is 0.880. The van der Waals surface area contributed by atoms with Gasteiger partial charge in [0.1, 0.15) is 5.75 Å². The molecule has 1 atom stereocenters. The number of benzene rings is 1. The van der Waals surface area contributed by atoms with Crippen molar-refractivity contribution in [3.63, 3.8) is 0 Å². The third kappa shape index (κ3) is 3.21. The first-order valence-corrected chi connectivity index (χ1v) is 8.62. The van der Waals surface area contributed by atoms with E-state index in [1.165, 1.54) is 18.2 Å². The lowest BCUT2D eigenvalue weighted by Gasteiger charge is -2.33. The number of aromatic nitrogens is 2. The number of carbonyl (C=O) groups is 1. The van der Waals surface area contributed by atoms with E-state index in [-0.39, 0.29) is 5.91 Å². The molecule has 0 radical (unpaired) electrons. The van der Waals surface area contributed by atoms with Crippen molar-refractivity contribution in [1.82, 2.24) is 14.9 Å². The minimum atomic E-state index is 0.204. The summed E-state index contributed by atoms with van der Waals surface area (Å²) >= 11 is 1.46. The molecule has 0 saturated carbocycles. The lowest BCUT2D eigenvalue weighted by molar-refractivity contribution is -0.131. The predicted molar refractivity (Wildman–Crippen MR) is 88.4 cm³/mol. The predicted octanol–water partition coefficient (Wildman–Crippen LogP) is 3.06. The van der Waals surface area contributed by atoms with Gasteiger partial charge >= 0.3 is 0 Å². The Bertz CT molecular complexity index is 670. The molecule has 1 aliphatic rings. The van der Waals surface area contributed by atoms with E-state index < -0.39 is 0 Å². The van der Waals surface area contributed by atoms with E-state index >= 15 is 0 Å². The Balaban J connectivity index is 1.64. The average Bonchev–Trinajstić information content (AvgIpc) is 2.94. The first-order chi connectivity index (χ1) is 10.7. The van der Waals surface area contributed by atoms with Crippen molar-refractivity contribution < 1.29 is 9.53 Å². The summed E-state index contributed by atoms with van der Waals surface area (Å²) in [5, 5.41) is 0.779. The highest BCUT2D eigenvalue weighted by atomic mass is 32.2. The Hall–Kier alpha value is -1.69. The van der Waals surface area contributed by atoms with Crippen LogP contribution in [0.4, 0.5) is 0 Å². The van der Waals surface area contributed by atoms with Crippen LogP contribution in [0.15, 0.2) is 23.4 Å². The summed E-state index contributed by atoms with van der Waals surface area (Å²) in [5.41, 5.74) is 1.82. The largest absolute Gasteiger partial charge is 0.497 e. The standard InChI is InChI=1S/C16H21N3O2S/c1-11-5-3-4-8-19(11)15(20)10-22-16-17-13-7-6-12(21-2)9-14(13)18-16/h6-7,9,11H,3-5,8,10H2,1-2H3,(H,17,18). The van der Waals surface area contributed by atoms with E-state index in [2.05, 4.69) is 16.9 Å². The molecule has 1 N–H and O–H groups in total. The van der Waals surface area contributed by atoms with Crippen molar-refractivity contribution in [3.05, 3.63) is 18.2 Å². The molecule has 3 rings (SSSR count). The second kappa shape index (κ2) is 6.60. The molecule has 2 heterocycles. The molecule has 0 spiro atoms. The molecule has 1 aliphatic heterocycles. The molecule has 0 aliphatic carbocycles. The number of nitrogens with one attached hydrogen (secondary N) is 1. The van der Waals surface area contributed by atoms with Crippen LogP contribution < -0.4 is 4.74 Å². The van der Waals surface area contributed by atoms with Gasteiger partial charge in [0.2, 0.25) is 5.91 Å². The molecule has 5 nitrogen and oxygen atoms in total. The maximum atomic E-state index is 12.3. The molecule has 1 saturated heterocycles. The van der Waals surface area contributed by atoms with Crippen molar-refractivity contribution in [3.8, 4) is 5.75 Å². The summed E-state index contributed by atoms with van der Waals surface area (Å²) in [6.07, 6.45) is 3.45. The number of imidazole rings is 1. The molecule has 1 amide bonds. The highest BCUT2D eigenvalue weighted by molar-refractivity contribution is 7.99. The van der Waals surface area contributed by atoms with E-state index in [0.717, 1.165) is 41.3 Å². The van der Waals surface area contributed by atoms with Gasteiger partial charge in [0, 0.05) is 18.7 Å². The smallest absolute Gasteiger partial charge is 0.233 e. The van der Waals surface area contributed by atoms with Crippen LogP contribution in [0.2, 0.25) is 0 Å². The Kier molecular flexibility index (Phi) is 4.57. The highest BCUT2D eigenvalue weighted by Crippen LogP contribution is 2.24. The summed E-state index contributed by atoms with van der Waals surface area (Å²) in [5.74, 6) is 1.43. The van der Waals surface area contributed by atoms with Gasteiger partial charge in [0.25, 0.3) is 0 Å². The number of thioether (sulfide) groups is 1. The number of fused-ring (bicyclic) bond motifs is 1. The number of carbonyl (C=O) groups excluding carboxylic acids is 1. The van der Waals surface area contributed by atoms with Gasteiger partial charge in [-0.15, -0.1) is 0 Å². The average molecular weight is 319 g/mol. The molecule has 1 aromatic carbocycles. The molecule has 0 bridgehead atoms. The van der Waals surface area contributed by atoms with Gasteiger partial charge in [-0.05, 0) is 38.3 Å². The van der Waals surface area contributed by atoms with Gasteiger partial charge in [-0.1, -0.05) is 11.8 Å². The summed E-state index contributed by atoms with van der Waals surface area (Å²) in [6, 6.07) is 6.09. The van der Waals surface area contributed by atoms with E-state index in [1.807, 2.05) is 23.1 Å². The summed E-state index contributed by atoms with van der Waals surface area (Å²) in [6.45, 7) is 3.02. The van der Waals surface area contributed by atoms with Gasteiger partial charge in [-0.2, -0.15) is 0 Å². The fourth-order valence-corrected chi connectivity index (χ4v) is 3.61. The summed E-state index contributed by atoms with van der Waals surface area (Å²) < 4.78 is 5.21. The van der Waals surface area contributed by atoms with Gasteiger partial charge in [-0.3, -0.25) is 4.79 Å². The monoisotopic (exact) mass is 319 g/mol. The molecule has 6 heteroatoms. The van der Waals surface area contributed by atoms with Gasteiger partial charge in [-0.25, -0.2) is 4.98 Å². The Morgan fingerprint density at radius 1 is 1.50 bits per heavy atom. The number of methoxy groups -OCH3 is 1. The van der Waals surface area contributed by atoms with E-state index in [0.29, 0.717) is 11.8 Å². The van der Waals surface area contributed by atoms with Gasteiger partial charge in [0.05, 0.1) is 23.9 Å². The van der Waals surface area contributed by atoms with Gasteiger partial charge < -0.3 is 14.6 Å². The van der Waals surface area contributed by atoms with Crippen molar-refractivity contribution >= 4 is 28.7 Å². The van der Waals surface area contributed by atoms with E-state index in [4.69, 9.17) is 4.74 Å². The molecule has 1 aromatic heterocycles. The van der Waals surface area contributed by atoms with Crippen LogP contribution in [-0.4, -0.2) is 46.2 Å². The number of hydrogen-bond donors (Lipinski definition) is 1. The number of piperidine rings is 1. The van der Waals surface area contributed by atoms with Crippen LogP contribution in [0.5, 0.6) is 5.75 Å². The molecule has 1 unspecified atom stereocenters. The second-order valence-corrected chi connectivity index (χ2v) is 6.61. The fraction of sp³-hybridized carbons (Fsp3) is 0.500. The second-order valence-electron chi connectivity index (χ2n) is 5.65. The zero-order chi connectivity index (χ0) is 15.5. The molecular formula is C16H21N3O2S. The van der Waals surface area contributed by atoms with Crippen molar-refractivity contribution in [1.29, 1.82) is 0 Å². The fourth-order valence-electron chi connectivity index (χ4n) is 2.84. The SMILES string of the molecule is COc1ccc2nc(SCC(=O)N3CCCCC3C)[nH]c2c1. The van der Waals surface area contributed by atoms with Crippen LogP contribution in [0.1, 0.15) is 26.2 Å². The first kappa shape index (κ1) is 15.2. The first-order valence-electron chi connectivity index (χ1n) is 7.63. The maximum Gasteiger partial charge on any atom is 0.233 e. The van der Waals surface area contributed by atoms with Crippen LogP contribution >= 0.6 is 11.8 Å².